The number of hydrogen-bond donors (Lipinski definition) is 2. The van der Waals surface area contributed by atoms with Crippen LogP contribution in [-0.4, -0.2) is 24.1 Å². The Morgan fingerprint density at radius 3 is 2.68 bits per heavy atom. The van der Waals surface area contributed by atoms with Gasteiger partial charge in [0, 0.05) is 24.9 Å². The van der Waals surface area contributed by atoms with Crippen LogP contribution in [0.2, 0.25) is 0 Å². The lowest BCUT2D eigenvalue weighted by Gasteiger charge is -2.11. The topological polar surface area (TPSA) is 59.1 Å². The summed E-state index contributed by atoms with van der Waals surface area (Å²) in [6.45, 7) is 1.87. The summed E-state index contributed by atoms with van der Waals surface area (Å²) in [5.41, 5.74) is 1.46. The Kier molecular flexibility index (Phi) is 3.79. The van der Waals surface area contributed by atoms with Crippen LogP contribution in [0.4, 0.5) is 21.8 Å². The van der Waals surface area contributed by atoms with Crippen molar-refractivity contribution in [2.45, 2.75) is 6.92 Å². The van der Waals surface area contributed by atoms with Gasteiger partial charge in [-0.05, 0) is 19.1 Å². The molecule has 0 radical (unpaired) electrons. The maximum atomic E-state index is 13.1. The first kappa shape index (κ1) is 13.1. The molecule has 0 saturated heterocycles. The first-order valence-electron chi connectivity index (χ1n) is 5.76. The van der Waals surface area contributed by atoms with E-state index in [4.69, 9.17) is 4.74 Å². The van der Waals surface area contributed by atoms with Crippen LogP contribution in [0.5, 0.6) is 5.75 Å². The van der Waals surface area contributed by atoms with E-state index in [1.165, 1.54) is 19.2 Å². The highest BCUT2D eigenvalue weighted by molar-refractivity contribution is 5.64. The van der Waals surface area contributed by atoms with Gasteiger partial charge in [-0.15, -0.1) is 0 Å². The fourth-order valence-electron chi connectivity index (χ4n) is 1.65. The second-order valence-corrected chi connectivity index (χ2v) is 3.94. The molecule has 0 aliphatic carbocycles. The number of hydrogen-bond acceptors (Lipinski definition) is 5. The normalized spacial score (nSPS) is 10.1. The number of benzene rings is 1. The monoisotopic (exact) mass is 262 g/mol. The molecule has 0 aliphatic rings. The molecule has 0 atom stereocenters. The fourth-order valence-corrected chi connectivity index (χ4v) is 1.65. The minimum atomic E-state index is -0.350. The van der Waals surface area contributed by atoms with E-state index < -0.39 is 0 Å². The van der Waals surface area contributed by atoms with Crippen LogP contribution in [0.25, 0.3) is 0 Å². The van der Waals surface area contributed by atoms with Crippen molar-refractivity contribution in [2.75, 3.05) is 24.8 Å². The molecule has 100 valence electrons. The van der Waals surface area contributed by atoms with Gasteiger partial charge in [-0.2, -0.15) is 4.98 Å². The maximum absolute atomic E-state index is 13.1. The first-order chi connectivity index (χ1) is 9.12. The summed E-state index contributed by atoms with van der Waals surface area (Å²) in [6.07, 6.45) is 0. The molecule has 0 amide bonds. The Morgan fingerprint density at radius 2 is 2.00 bits per heavy atom. The highest BCUT2D eigenvalue weighted by Gasteiger charge is 2.07. The summed E-state index contributed by atoms with van der Waals surface area (Å²) in [5.74, 6) is 1.20. The van der Waals surface area contributed by atoms with Gasteiger partial charge in [0.25, 0.3) is 0 Å². The summed E-state index contributed by atoms with van der Waals surface area (Å²) < 4.78 is 18.2. The zero-order valence-electron chi connectivity index (χ0n) is 11.0. The minimum absolute atomic E-state index is 0.350. The van der Waals surface area contributed by atoms with Crippen molar-refractivity contribution >= 4 is 17.5 Å². The van der Waals surface area contributed by atoms with Gasteiger partial charge < -0.3 is 15.4 Å². The molecule has 0 aliphatic heterocycles. The van der Waals surface area contributed by atoms with E-state index in [1.807, 2.05) is 6.92 Å². The maximum Gasteiger partial charge on any atom is 0.224 e. The van der Waals surface area contributed by atoms with Crippen LogP contribution in [0.1, 0.15) is 5.69 Å². The van der Waals surface area contributed by atoms with E-state index in [-0.39, 0.29) is 5.82 Å². The van der Waals surface area contributed by atoms with Gasteiger partial charge in [-0.3, -0.25) is 0 Å². The number of aryl methyl sites for hydroxylation is 1. The number of methoxy groups -OCH3 is 1. The molecule has 19 heavy (non-hydrogen) atoms. The Balaban J connectivity index is 2.33. The standard InChI is InChI=1S/C13H15FN4O/c1-8-6-12(18-13(15-2)16-8)17-10-5-4-9(14)7-11(10)19-3/h4-7H,1-3H3,(H2,15,16,17,18). The Labute approximate surface area is 110 Å². The van der Waals surface area contributed by atoms with Crippen molar-refractivity contribution in [1.29, 1.82) is 0 Å². The van der Waals surface area contributed by atoms with E-state index in [9.17, 15) is 4.39 Å². The number of anilines is 3. The predicted octanol–water partition coefficient (Wildman–Crippen LogP) is 2.72. The van der Waals surface area contributed by atoms with Crippen molar-refractivity contribution in [3.05, 3.63) is 35.8 Å². The van der Waals surface area contributed by atoms with E-state index >= 15 is 0 Å². The lowest BCUT2D eigenvalue weighted by atomic mass is 10.2. The largest absolute Gasteiger partial charge is 0.494 e. The van der Waals surface area contributed by atoms with Gasteiger partial charge in [0.15, 0.2) is 0 Å². The number of nitrogens with zero attached hydrogens (tertiary/aromatic N) is 2. The average molecular weight is 262 g/mol. The highest BCUT2D eigenvalue weighted by atomic mass is 19.1. The summed E-state index contributed by atoms with van der Waals surface area (Å²) in [5, 5.41) is 5.96. The molecule has 0 bridgehead atoms. The third-order valence-electron chi connectivity index (χ3n) is 2.50. The summed E-state index contributed by atoms with van der Waals surface area (Å²) >= 11 is 0. The average Bonchev–Trinajstić information content (AvgIpc) is 2.40. The number of rotatable bonds is 4. The molecule has 5 nitrogen and oxygen atoms in total. The Hall–Kier alpha value is -2.37. The molecule has 0 fully saturated rings. The van der Waals surface area contributed by atoms with Crippen LogP contribution in [0.3, 0.4) is 0 Å². The van der Waals surface area contributed by atoms with Crippen molar-refractivity contribution in [3.8, 4) is 5.75 Å². The summed E-state index contributed by atoms with van der Waals surface area (Å²) in [4.78, 5) is 8.46. The fraction of sp³-hybridized carbons (Fsp3) is 0.231. The molecule has 1 heterocycles. The van der Waals surface area contributed by atoms with Crippen LogP contribution in [0.15, 0.2) is 24.3 Å². The lowest BCUT2D eigenvalue weighted by molar-refractivity contribution is 0.413. The third kappa shape index (κ3) is 3.09. The van der Waals surface area contributed by atoms with E-state index in [0.717, 1.165) is 5.69 Å². The quantitative estimate of drug-likeness (QED) is 0.887. The molecule has 1 aromatic heterocycles. The minimum Gasteiger partial charge on any atom is -0.494 e. The van der Waals surface area contributed by atoms with Gasteiger partial charge in [-0.1, -0.05) is 0 Å². The summed E-state index contributed by atoms with van der Waals surface area (Å²) in [6, 6.07) is 6.07. The summed E-state index contributed by atoms with van der Waals surface area (Å²) in [7, 11) is 3.24. The molecule has 0 saturated carbocycles. The van der Waals surface area contributed by atoms with Crippen LogP contribution in [0, 0.1) is 12.7 Å². The molecule has 0 spiro atoms. The molecular formula is C13H15FN4O. The molecule has 0 unspecified atom stereocenters. The highest BCUT2D eigenvalue weighted by Crippen LogP contribution is 2.27. The van der Waals surface area contributed by atoms with Gasteiger partial charge >= 0.3 is 0 Å². The van der Waals surface area contributed by atoms with Gasteiger partial charge in [0.2, 0.25) is 5.95 Å². The van der Waals surface area contributed by atoms with Crippen LogP contribution >= 0.6 is 0 Å². The molecule has 2 aromatic rings. The molecule has 2 N–H and O–H groups in total. The third-order valence-corrected chi connectivity index (χ3v) is 2.50. The number of nitrogens with one attached hydrogen (secondary N) is 2. The number of aromatic nitrogens is 2. The van der Waals surface area contributed by atoms with Gasteiger partial charge in [0.05, 0.1) is 12.8 Å². The zero-order valence-corrected chi connectivity index (χ0v) is 11.0. The molecule has 2 rings (SSSR count). The van der Waals surface area contributed by atoms with Gasteiger partial charge in [0.1, 0.15) is 17.4 Å². The van der Waals surface area contributed by atoms with Gasteiger partial charge in [-0.25, -0.2) is 9.37 Å². The number of ether oxygens (including phenoxy) is 1. The molecule has 6 heteroatoms. The Bertz CT molecular complexity index is 589. The van der Waals surface area contributed by atoms with E-state index in [2.05, 4.69) is 20.6 Å². The van der Waals surface area contributed by atoms with Crippen molar-refractivity contribution in [3.63, 3.8) is 0 Å². The second-order valence-electron chi connectivity index (χ2n) is 3.94. The molecule has 1 aromatic carbocycles. The SMILES string of the molecule is CNc1nc(C)cc(Nc2ccc(F)cc2OC)n1. The van der Waals surface area contributed by atoms with Crippen molar-refractivity contribution in [1.82, 2.24) is 9.97 Å². The van der Waals surface area contributed by atoms with Crippen molar-refractivity contribution in [2.24, 2.45) is 0 Å². The van der Waals surface area contributed by atoms with Crippen LogP contribution in [-0.2, 0) is 0 Å². The second kappa shape index (κ2) is 5.51. The van der Waals surface area contributed by atoms with Crippen LogP contribution < -0.4 is 15.4 Å². The van der Waals surface area contributed by atoms with E-state index in [0.29, 0.717) is 23.2 Å². The predicted molar refractivity (Wildman–Crippen MR) is 72.6 cm³/mol. The smallest absolute Gasteiger partial charge is 0.224 e. The first-order valence-corrected chi connectivity index (χ1v) is 5.76. The Morgan fingerprint density at radius 1 is 1.21 bits per heavy atom. The number of halogens is 1. The zero-order chi connectivity index (χ0) is 13.8. The lowest BCUT2D eigenvalue weighted by Crippen LogP contribution is -2.03. The van der Waals surface area contributed by atoms with Crippen molar-refractivity contribution < 1.29 is 9.13 Å². The van der Waals surface area contributed by atoms with E-state index in [1.54, 1.807) is 19.2 Å². The molecular weight excluding hydrogens is 247 g/mol.